The fourth-order valence-corrected chi connectivity index (χ4v) is 4.09. The Labute approximate surface area is 173 Å². The summed E-state index contributed by atoms with van der Waals surface area (Å²) in [5, 5.41) is 9.41. The number of ether oxygens (including phenoxy) is 2. The molecule has 1 aromatic carbocycles. The molecule has 1 aliphatic heterocycles. The minimum atomic E-state index is -0.588. The third-order valence-corrected chi connectivity index (χ3v) is 5.52. The number of hydrogen-bond acceptors (Lipinski definition) is 5. The standard InChI is InChI=1S/C20H21Cl2N3O3/c1-20(2)8-11-4-3-5-16(19(11)28-20)27-10-17-24-9-15(25(17)23)12-6-13(21)18(26)14(22)7-12/h3-6,9,14,26H,7-8,10,23H2,1-2H3. The van der Waals surface area contributed by atoms with Gasteiger partial charge in [-0.2, -0.15) is 0 Å². The number of para-hydroxylation sites is 1. The van der Waals surface area contributed by atoms with Gasteiger partial charge in [0.2, 0.25) is 0 Å². The minimum Gasteiger partial charge on any atom is -0.509 e. The average Bonchev–Trinajstić information content (AvgIpc) is 3.15. The lowest BCUT2D eigenvalue weighted by Crippen LogP contribution is -2.24. The van der Waals surface area contributed by atoms with Crippen LogP contribution in [0.3, 0.4) is 0 Å². The molecule has 0 radical (unpaired) electrons. The lowest BCUT2D eigenvalue weighted by molar-refractivity contribution is 0.131. The first-order valence-corrected chi connectivity index (χ1v) is 9.75. The fraction of sp³-hybridized carbons (Fsp3) is 0.350. The maximum absolute atomic E-state index is 9.79. The number of hydrogen-bond donors (Lipinski definition) is 2. The molecule has 4 rings (SSSR count). The molecule has 1 unspecified atom stereocenters. The SMILES string of the molecule is CC1(C)Cc2cccc(OCc3ncc(C4=CC(Cl)=C(O)C(Cl)C4)n3N)c2O1. The first kappa shape index (κ1) is 19.0. The molecule has 2 aliphatic rings. The monoisotopic (exact) mass is 421 g/mol. The van der Waals surface area contributed by atoms with Crippen LogP contribution >= 0.6 is 23.2 Å². The van der Waals surface area contributed by atoms with Crippen molar-refractivity contribution < 1.29 is 14.6 Å². The molecule has 0 fully saturated rings. The van der Waals surface area contributed by atoms with Crippen molar-refractivity contribution in [2.45, 2.75) is 44.3 Å². The summed E-state index contributed by atoms with van der Waals surface area (Å²) >= 11 is 12.2. The zero-order valence-electron chi connectivity index (χ0n) is 15.6. The van der Waals surface area contributed by atoms with Gasteiger partial charge in [-0.05, 0) is 38.0 Å². The number of nitrogen functional groups attached to an aromatic ring is 1. The van der Waals surface area contributed by atoms with E-state index in [1.807, 2.05) is 18.2 Å². The van der Waals surface area contributed by atoms with Crippen molar-refractivity contribution in [3.63, 3.8) is 0 Å². The molecule has 0 bridgehead atoms. The Balaban J connectivity index is 1.53. The van der Waals surface area contributed by atoms with Gasteiger partial charge in [-0.15, -0.1) is 11.6 Å². The van der Waals surface area contributed by atoms with Crippen molar-refractivity contribution >= 4 is 28.8 Å². The number of benzene rings is 1. The average molecular weight is 422 g/mol. The molecule has 2 aromatic rings. The second kappa shape index (κ2) is 6.94. The number of rotatable bonds is 4. The Morgan fingerprint density at radius 2 is 2.21 bits per heavy atom. The molecule has 1 aromatic heterocycles. The van der Waals surface area contributed by atoms with Crippen molar-refractivity contribution in [2.75, 3.05) is 5.84 Å². The van der Waals surface area contributed by atoms with E-state index in [1.54, 1.807) is 12.3 Å². The van der Waals surface area contributed by atoms with Crippen LogP contribution in [0, 0.1) is 0 Å². The number of nitrogens with zero attached hydrogens (tertiary/aromatic N) is 2. The van der Waals surface area contributed by atoms with Gasteiger partial charge in [-0.1, -0.05) is 23.7 Å². The molecule has 28 heavy (non-hydrogen) atoms. The number of halogens is 2. The first-order chi connectivity index (χ1) is 13.2. The number of aliphatic hydroxyl groups excluding tert-OH is 1. The van der Waals surface area contributed by atoms with Crippen molar-refractivity contribution in [1.82, 2.24) is 9.66 Å². The van der Waals surface area contributed by atoms with Crippen molar-refractivity contribution in [2.24, 2.45) is 0 Å². The Kier molecular flexibility index (Phi) is 4.71. The molecule has 1 atom stereocenters. The number of imidazole rings is 1. The topological polar surface area (TPSA) is 82.5 Å². The highest BCUT2D eigenvalue weighted by Gasteiger charge is 2.32. The van der Waals surface area contributed by atoms with Crippen LogP contribution in [0.2, 0.25) is 0 Å². The van der Waals surface area contributed by atoms with Gasteiger partial charge >= 0.3 is 0 Å². The third-order valence-electron chi connectivity index (χ3n) is 4.86. The normalized spacial score (nSPS) is 20.6. The molecular weight excluding hydrogens is 401 g/mol. The van der Waals surface area contributed by atoms with Gasteiger partial charge in [-0.3, -0.25) is 0 Å². The Morgan fingerprint density at radius 1 is 1.43 bits per heavy atom. The van der Waals surface area contributed by atoms with E-state index in [1.165, 1.54) is 4.68 Å². The predicted molar refractivity (Wildman–Crippen MR) is 109 cm³/mol. The smallest absolute Gasteiger partial charge is 0.165 e. The summed E-state index contributed by atoms with van der Waals surface area (Å²) in [5.74, 6) is 8.18. The van der Waals surface area contributed by atoms with Gasteiger partial charge < -0.3 is 20.4 Å². The van der Waals surface area contributed by atoms with Crippen LogP contribution in [-0.4, -0.2) is 25.7 Å². The molecule has 0 spiro atoms. The third kappa shape index (κ3) is 3.42. The second-order valence-electron chi connectivity index (χ2n) is 7.58. The molecule has 148 valence electrons. The first-order valence-electron chi connectivity index (χ1n) is 8.94. The molecule has 0 saturated carbocycles. The number of aromatic nitrogens is 2. The van der Waals surface area contributed by atoms with E-state index in [0.29, 0.717) is 23.7 Å². The molecule has 0 amide bonds. The second-order valence-corrected chi connectivity index (χ2v) is 8.51. The minimum absolute atomic E-state index is 0.0282. The summed E-state index contributed by atoms with van der Waals surface area (Å²) in [5.41, 5.74) is 2.35. The van der Waals surface area contributed by atoms with Crippen molar-refractivity contribution in [3.05, 3.63) is 58.3 Å². The molecule has 8 heteroatoms. The predicted octanol–water partition coefficient (Wildman–Crippen LogP) is 4.29. The van der Waals surface area contributed by atoms with Gasteiger partial charge in [0.1, 0.15) is 18.0 Å². The Bertz CT molecular complexity index is 995. The number of fused-ring (bicyclic) bond motifs is 1. The number of alkyl halides is 1. The summed E-state index contributed by atoms with van der Waals surface area (Å²) in [4.78, 5) is 4.36. The fourth-order valence-electron chi connectivity index (χ4n) is 3.49. The summed E-state index contributed by atoms with van der Waals surface area (Å²) in [6.07, 6.45) is 4.54. The summed E-state index contributed by atoms with van der Waals surface area (Å²) in [7, 11) is 0. The van der Waals surface area contributed by atoms with Crippen LogP contribution in [0.1, 0.15) is 37.4 Å². The zero-order valence-corrected chi connectivity index (χ0v) is 17.1. The summed E-state index contributed by atoms with van der Waals surface area (Å²) in [6, 6.07) is 5.87. The van der Waals surface area contributed by atoms with E-state index < -0.39 is 5.38 Å². The highest BCUT2D eigenvalue weighted by Crippen LogP contribution is 2.42. The Hall–Kier alpha value is -2.31. The van der Waals surface area contributed by atoms with E-state index in [2.05, 4.69) is 18.8 Å². The molecule has 2 heterocycles. The lowest BCUT2D eigenvalue weighted by Gasteiger charge is -2.19. The van der Waals surface area contributed by atoms with Gasteiger partial charge in [0, 0.05) is 12.0 Å². The van der Waals surface area contributed by atoms with E-state index >= 15 is 0 Å². The summed E-state index contributed by atoms with van der Waals surface area (Å²) in [6.45, 7) is 4.28. The molecule has 1 aliphatic carbocycles. The summed E-state index contributed by atoms with van der Waals surface area (Å²) < 4.78 is 13.4. The van der Waals surface area contributed by atoms with Gasteiger partial charge in [-0.25, -0.2) is 9.66 Å². The highest BCUT2D eigenvalue weighted by molar-refractivity contribution is 6.33. The number of allylic oxidation sites excluding steroid dienone is 4. The van der Waals surface area contributed by atoms with E-state index in [9.17, 15) is 5.11 Å². The largest absolute Gasteiger partial charge is 0.509 e. The molecule has 3 N–H and O–H groups in total. The maximum atomic E-state index is 9.79. The van der Waals surface area contributed by atoms with Crippen LogP contribution in [0.15, 0.2) is 41.3 Å². The lowest BCUT2D eigenvalue weighted by atomic mass is 10.0. The highest BCUT2D eigenvalue weighted by atomic mass is 35.5. The molecule has 0 saturated heterocycles. The maximum Gasteiger partial charge on any atom is 0.165 e. The van der Waals surface area contributed by atoms with Crippen molar-refractivity contribution in [3.8, 4) is 11.5 Å². The van der Waals surface area contributed by atoms with E-state index in [-0.39, 0.29) is 23.0 Å². The van der Waals surface area contributed by atoms with Gasteiger partial charge in [0.15, 0.2) is 17.3 Å². The van der Waals surface area contributed by atoms with Crippen LogP contribution in [0.4, 0.5) is 0 Å². The van der Waals surface area contributed by atoms with Crippen LogP contribution in [0.25, 0.3) is 5.57 Å². The van der Waals surface area contributed by atoms with Gasteiger partial charge in [0.05, 0.1) is 22.3 Å². The van der Waals surface area contributed by atoms with Crippen molar-refractivity contribution in [1.29, 1.82) is 0 Å². The van der Waals surface area contributed by atoms with Crippen LogP contribution < -0.4 is 15.3 Å². The van der Waals surface area contributed by atoms with E-state index in [0.717, 1.165) is 23.3 Å². The number of nitrogens with two attached hydrogens (primary N) is 1. The molecular formula is C20H21Cl2N3O3. The Morgan fingerprint density at radius 3 is 2.96 bits per heavy atom. The number of aliphatic hydroxyl groups is 1. The zero-order chi connectivity index (χ0) is 20.1. The van der Waals surface area contributed by atoms with Crippen LogP contribution in [-0.2, 0) is 13.0 Å². The quantitative estimate of drug-likeness (QED) is 0.568. The molecule has 6 nitrogen and oxygen atoms in total. The van der Waals surface area contributed by atoms with Gasteiger partial charge in [0.25, 0.3) is 0 Å². The van der Waals surface area contributed by atoms with Crippen LogP contribution in [0.5, 0.6) is 11.5 Å². The van der Waals surface area contributed by atoms with E-state index in [4.69, 9.17) is 38.5 Å².